The molecule has 0 unspecified atom stereocenters. The first-order chi connectivity index (χ1) is 14.1. The van der Waals surface area contributed by atoms with Gasteiger partial charge in [-0.1, -0.05) is 31.5 Å². The molecule has 0 atom stereocenters. The second-order valence-electron chi connectivity index (χ2n) is 7.21. The van der Waals surface area contributed by atoms with Crippen molar-refractivity contribution in [3.8, 4) is 11.5 Å². The number of methoxy groups -OCH3 is 1. The number of ether oxygens (including phenoxy) is 3. The molecule has 0 aliphatic carbocycles. The van der Waals surface area contributed by atoms with Gasteiger partial charge in [-0.15, -0.1) is 0 Å². The van der Waals surface area contributed by atoms with Gasteiger partial charge in [0, 0.05) is 43.4 Å². The highest BCUT2D eigenvalue weighted by Crippen LogP contribution is 2.39. The van der Waals surface area contributed by atoms with Crippen LogP contribution in [-0.4, -0.2) is 37.7 Å². The van der Waals surface area contributed by atoms with Crippen LogP contribution in [-0.2, 0) is 17.8 Å². The Morgan fingerprint density at radius 2 is 1.86 bits per heavy atom. The number of unbranched alkanes of at least 4 members (excludes halogenated alkanes) is 1. The topological polar surface area (TPSA) is 48.0 Å². The van der Waals surface area contributed by atoms with Crippen LogP contribution in [0, 0.1) is 12.7 Å². The predicted octanol–water partition coefficient (Wildman–Crippen LogP) is 4.49. The standard InChI is InChI=1S/C23H28FNO4/c1-4-5-12-28-22-19-15-25(11-13-27-3)14-18(19)21(24)16(2)20(22)23(26)29-17-9-7-6-8-10-17/h6-10H,4-5,11-15H2,1-3H3. The Labute approximate surface area is 171 Å². The molecule has 0 bridgehead atoms. The average Bonchev–Trinajstić information content (AvgIpc) is 3.15. The molecule has 0 N–H and O–H groups in total. The third kappa shape index (κ3) is 4.77. The maximum absolute atomic E-state index is 15.2. The van der Waals surface area contributed by atoms with Crippen molar-refractivity contribution in [2.45, 2.75) is 39.8 Å². The molecule has 0 amide bonds. The van der Waals surface area contributed by atoms with Gasteiger partial charge in [0.15, 0.2) is 0 Å². The van der Waals surface area contributed by atoms with Gasteiger partial charge >= 0.3 is 5.97 Å². The predicted molar refractivity (Wildman–Crippen MR) is 109 cm³/mol. The van der Waals surface area contributed by atoms with E-state index < -0.39 is 5.97 Å². The second-order valence-corrected chi connectivity index (χ2v) is 7.21. The van der Waals surface area contributed by atoms with Gasteiger partial charge in [0.25, 0.3) is 0 Å². The number of esters is 1. The fourth-order valence-electron chi connectivity index (χ4n) is 3.51. The zero-order chi connectivity index (χ0) is 20.8. The lowest BCUT2D eigenvalue weighted by molar-refractivity contribution is 0.0728. The third-order valence-corrected chi connectivity index (χ3v) is 5.11. The molecule has 0 radical (unpaired) electrons. The highest BCUT2D eigenvalue weighted by atomic mass is 19.1. The minimum atomic E-state index is -0.600. The molecule has 5 nitrogen and oxygen atoms in total. The van der Waals surface area contributed by atoms with E-state index in [0.29, 0.717) is 49.9 Å². The molecule has 0 saturated carbocycles. The average molecular weight is 401 g/mol. The summed E-state index contributed by atoms with van der Waals surface area (Å²) in [6.45, 7) is 6.39. The molecule has 6 heteroatoms. The lowest BCUT2D eigenvalue weighted by Gasteiger charge is -2.18. The smallest absolute Gasteiger partial charge is 0.347 e. The molecule has 156 valence electrons. The van der Waals surface area contributed by atoms with Crippen LogP contribution in [0.1, 0.15) is 46.8 Å². The SMILES string of the molecule is CCCCOc1c2c(c(F)c(C)c1C(=O)Oc1ccccc1)CN(CCOC)C2. The maximum Gasteiger partial charge on any atom is 0.347 e. The van der Waals surface area contributed by atoms with E-state index in [-0.39, 0.29) is 16.9 Å². The molecule has 0 aromatic heterocycles. The van der Waals surface area contributed by atoms with E-state index in [9.17, 15) is 4.79 Å². The van der Waals surface area contributed by atoms with Crippen molar-refractivity contribution >= 4 is 5.97 Å². The van der Waals surface area contributed by atoms with E-state index in [4.69, 9.17) is 14.2 Å². The highest BCUT2D eigenvalue weighted by Gasteiger charge is 2.33. The summed E-state index contributed by atoms with van der Waals surface area (Å²) in [7, 11) is 1.64. The minimum Gasteiger partial charge on any atom is -0.492 e. The van der Waals surface area contributed by atoms with Crippen LogP contribution in [0.3, 0.4) is 0 Å². The lowest BCUT2D eigenvalue weighted by Crippen LogP contribution is -2.21. The summed E-state index contributed by atoms with van der Waals surface area (Å²) in [4.78, 5) is 15.1. The number of rotatable bonds is 9. The Kier molecular flexibility index (Phi) is 7.23. The fourth-order valence-corrected chi connectivity index (χ4v) is 3.51. The van der Waals surface area contributed by atoms with Crippen molar-refractivity contribution in [2.75, 3.05) is 26.9 Å². The number of carbonyl (C=O) groups is 1. The number of halogens is 1. The Hall–Kier alpha value is -2.44. The summed E-state index contributed by atoms with van der Waals surface area (Å²) in [6, 6.07) is 8.80. The summed E-state index contributed by atoms with van der Waals surface area (Å²) in [5.74, 6) is -0.0905. The maximum atomic E-state index is 15.2. The van der Waals surface area contributed by atoms with Crippen molar-refractivity contribution in [1.29, 1.82) is 0 Å². The van der Waals surface area contributed by atoms with Crippen molar-refractivity contribution in [2.24, 2.45) is 0 Å². The zero-order valence-corrected chi connectivity index (χ0v) is 17.3. The van der Waals surface area contributed by atoms with Gasteiger partial charge in [-0.05, 0) is 25.5 Å². The number of nitrogens with zero attached hydrogens (tertiary/aromatic N) is 1. The zero-order valence-electron chi connectivity index (χ0n) is 17.3. The van der Waals surface area contributed by atoms with E-state index in [0.717, 1.165) is 18.4 Å². The lowest BCUT2D eigenvalue weighted by atomic mass is 9.98. The van der Waals surface area contributed by atoms with E-state index in [2.05, 4.69) is 11.8 Å². The molecule has 1 aliphatic rings. The minimum absolute atomic E-state index is 0.176. The van der Waals surface area contributed by atoms with Crippen LogP contribution in [0.2, 0.25) is 0 Å². The molecular weight excluding hydrogens is 373 g/mol. The Balaban J connectivity index is 1.98. The number of benzene rings is 2. The molecular formula is C23H28FNO4. The normalized spacial score (nSPS) is 13.4. The van der Waals surface area contributed by atoms with Gasteiger partial charge in [-0.3, -0.25) is 4.90 Å². The molecule has 1 aliphatic heterocycles. The third-order valence-electron chi connectivity index (χ3n) is 5.11. The number of para-hydroxylation sites is 1. The first-order valence-corrected chi connectivity index (χ1v) is 10.0. The van der Waals surface area contributed by atoms with E-state index in [1.54, 1.807) is 38.3 Å². The first-order valence-electron chi connectivity index (χ1n) is 10.0. The van der Waals surface area contributed by atoms with Crippen LogP contribution >= 0.6 is 0 Å². The number of carbonyl (C=O) groups excluding carboxylic acids is 1. The molecule has 0 spiro atoms. The van der Waals surface area contributed by atoms with Crippen molar-refractivity contribution in [1.82, 2.24) is 4.90 Å². The van der Waals surface area contributed by atoms with Gasteiger partial charge in [0.05, 0.1) is 13.2 Å². The summed E-state index contributed by atoms with van der Waals surface area (Å²) in [5, 5.41) is 0. The molecule has 29 heavy (non-hydrogen) atoms. The Morgan fingerprint density at radius 1 is 1.14 bits per heavy atom. The van der Waals surface area contributed by atoms with Crippen LogP contribution in [0.4, 0.5) is 4.39 Å². The van der Waals surface area contributed by atoms with Crippen LogP contribution < -0.4 is 9.47 Å². The molecule has 0 fully saturated rings. The van der Waals surface area contributed by atoms with Crippen molar-refractivity contribution in [3.05, 3.63) is 58.4 Å². The number of hydrogen-bond donors (Lipinski definition) is 0. The van der Waals surface area contributed by atoms with Crippen LogP contribution in [0.5, 0.6) is 11.5 Å². The Bertz CT molecular complexity index is 854. The first kappa shape index (κ1) is 21.3. The van der Waals surface area contributed by atoms with E-state index in [1.165, 1.54) is 0 Å². The fraction of sp³-hybridized carbons (Fsp3) is 0.435. The summed E-state index contributed by atoms with van der Waals surface area (Å²) >= 11 is 0. The van der Waals surface area contributed by atoms with Crippen molar-refractivity contribution in [3.63, 3.8) is 0 Å². The molecule has 3 rings (SSSR count). The van der Waals surface area contributed by atoms with Crippen molar-refractivity contribution < 1.29 is 23.4 Å². The summed E-state index contributed by atoms with van der Waals surface area (Å²) in [6.07, 6.45) is 1.82. The van der Waals surface area contributed by atoms with Gasteiger partial charge in [-0.2, -0.15) is 0 Å². The van der Waals surface area contributed by atoms with E-state index in [1.807, 2.05) is 6.07 Å². The van der Waals surface area contributed by atoms with Gasteiger partial charge in [0.2, 0.25) is 0 Å². The summed E-state index contributed by atoms with van der Waals surface area (Å²) in [5.41, 5.74) is 1.78. The monoisotopic (exact) mass is 401 g/mol. The number of hydrogen-bond acceptors (Lipinski definition) is 5. The van der Waals surface area contributed by atoms with Crippen LogP contribution in [0.25, 0.3) is 0 Å². The molecule has 1 heterocycles. The summed E-state index contributed by atoms with van der Waals surface area (Å²) < 4.78 is 31.9. The van der Waals surface area contributed by atoms with Crippen LogP contribution in [0.15, 0.2) is 30.3 Å². The quantitative estimate of drug-likeness (QED) is 0.352. The molecule has 2 aromatic rings. The largest absolute Gasteiger partial charge is 0.492 e. The van der Waals surface area contributed by atoms with Gasteiger partial charge in [0.1, 0.15) is 22.9 Å². The second kappa shape index (κ2) is 9.85. The highest BCUT2D eigenvalue weighted by molar-refractivity contribution is 5.96. The van der Waals surface area contributed by atoms with Gasteiger partial charge < -0.3 is 14.2 Å². The van der Waals surface area contributed by atoms with E-state index >= 15 is 4.39 Å². The van der Waals surface area contributed by atoms with Gasteiger partial charge in [-0.25, -0.2) is 9.18 Å². The Morgan fingerprint density at radius 3 is 2.55 bits per heavy atom. The number of fused-ring (bicyclic) bond motifs is 1. The molecule has 2 aromatic carbocycles. The molecule has 0 saturated heterocycles.